The Hall–Kier alpha value is -3.80. The number of nitrogens with two attached hydrogens (primary N) is 6. The van der Waals surface area contributed by atoms with Crippen molar-refractivity contribution < 1.29 is 28.7 Å². The van der Waals surface area contributed by atoms with Gasteiger partial charge < -0.3 is 9.58 Å². The second-order valence-electron chi connectivity index (χ2n) is 3.12. The molecule has 0 unspecified atom stereocenters. The van der Waals surface area contributed by atoms with Crippen molar-refractivity contribution in [3.63, 3.8) is 0 Å². The lowest BCUT2D eigenvalue weighted by Gasteiger charge is -1.90. The maximum atomic E-state index is 9.96. The Bertz CT molecular complexity index is 426. The van der Waals surface area contributed by atoms with Gasteiger partial charge >= 0.3 is 18.0 Å². The van der Waals surface area contributed by atoms with Crippen LogP contribution in [-0.2, 0) is 19.1 Å². The Morgan fingerprint density at radius 3 is 1.36 bits per heavy atom. The van der Waals surface area contributed by atoms with Crippen molar-refractivity contribution in [3.05, 3.63) is 11.4 Å². The van der Waals surface area contributed by atoms with Crippen LogP contribution in [0.3, 0.4) is 0 Å². The molecule has 0 saturated carbocycles. The number of nitrogens with one attached hydrogen (secondary N) is 6. The largest absolute Gasteiger partial charge is 0.452 e. The molecule has 0 heterocycles. The molecule has 0 aliphatic rings. The van der Waals surface area contributed by atoms with Crippen molar-refractivity contribution in [3.8, 4) is 0 Å². The van der Waals surface area contributed by atoms with Gasteiger partial charge in [-0.2, -0.15) is 0 Å². The molecule has 164 valence electrons. The highest BCUT2D eigenvalue weighted by Gasteiger charge is 1.95. The Morgan fingerprint density at radius 2 is 1.32 bits per heavy atom. The topological polar surface area (TPSA) is 327 Å². The van der Waals surface area contributed by atoms with Crippen molar-refractivity contribution in [1.29, 1.82) is 0 Å². The number of hydrogen-bond acceptors (Lipinski definition) is 12. The normalized spacial score (nSPS) is 6.68. The average Bonchev–Trinajstić information content (AvgIpc) is 2.73. The fourth-order valence-electron chi connectivity index (χ4n) is 0.218. The number of methoxy groups -OCH3 is 1. The fraction of sp³-hybridized carbons (Fsp3) is 0.333. The monoisotopic (exact) mass is 413 g/mol. The lowest BCUT2D eigenvalue weighted by atomic mass is 10.6. The second-order valence-corrected chi connectivity index (χ2v) is 3.12. The summed E-state index contributed by atoms with van der Waals surface area (Å²) in [6.07, 6.45) is -0.227. The number of amides is 6. The van der Waals surface area contributed by atoms with Gasteiger partial charge in [0.25, 0.3) is 6.54 Å². The van der Waals surface area contributed by atoms with Crippen molar-refractivity contribution >= 4 is 30.3 Å². The zero-order chi connectivity index (χ0) is 23.4. The molecule has 0 aromatic carbocycles. The first-order valence-corrected chi connectivity index (χ1v) is 6.33. The van der Waals surface area contributed by atoms with Crippen molar-refractivity contribution in [2.24, 2.45) is 35.1 Å². The van der Waals surface area contributed by atoms with Gasteiger partial charge in [0, 0.05) is 6.92 Å². The van der Waals surface area contributed by atoms with E-state index in [9.17, 15) is 19.2 Å². The van der Waals surface area contributed by atoms with Crippen LogP contribution in [0.4, 0.5) is 9.59 Å². The number of hydrogen-bond donors (Lipinski definition) is 12. The molecule has 0 fully saturated rings. The minimum atomic E-state index is -0.630. The van der Waals surface area contributed by atoms with Crippen LogP contribution in [-0.4, -0.2) is 44.0 Å². The highest BCUT2D eigenvalue weighted by molar-refractivity contribution is 5.78. The zero-order valence-corrected chi connectivity index (χ0v) is 15.1. The van der Waals surface area contributed by atoms with Gasteiger partial charge in [-0.25, -0.2) is 51.2 Å². The number of hydrazine groups is 6. The number of rotatable bonds is 2. The second kappa shape index (κ2) is 34.5. The van der Waals surface area contributed by atoms with Crippen LogP contribution in [0.25, 0.3) is 4.85 Å². The van der Waals surface area contributed by atoms with Crippen LogP contribution in [0.2, 0.25) is 0 Å². The van der Waals surface area contributed by atoms with Gasteiger partial charge in [0.05, 0.1) is 7.11 Å². The predicted molar refractivity (Wildman–Crippen MR) is 95.0 cm³/mol. The fourth-order valence-corrected chi connectivity index (χ4v) is 0.218. The zero-order valence-electron chi connectivity index (χ0n) is 15.1. The molecule has 0 aliphatic heterocycles. The molecular weight excluding hydrogens is 386 g/mol. The number of carbonyl (C=O) groups excluding carboxylic acids is 5. The molecule has 28 heavy (non-hydrogen) atoms. The first kappa shape index (κ1) is 35.3. The van der Waals surface area contributed by atoms with Crippen molar-refractivity contribution in [1.82, 2.24) is 32.6 Å². The standard InChI is InChI=1S/C3H5N3O.C2H6N2O2.C2H6N2O.CH6N4O.CH4N2O/c1-5-2-3(7)6-4;1-6-2(5)4-3;1-2(5)4-3;2-4-1(6)5-3;2-3-1-4/h2,4H2,(H,6,7);3H2,1H3,(H,4,5);3H2,1H3,(H,4,5);2-3H2,(H2,4,5,6);1H,2H2,(H,3,4). The number of carbonyl (C=O) groups is 5. The molecule has 6 amide bonds. The summed E-state index contributed by atoms with van der Waals surface area (Å²) in [6.45, 7) is 7.31. The van der Waals surface area contributed by atoms with Crippen molar-refractivity contribution in [2.45, 2.75) is 6.92 Å². The summed E-state index contributed by atoms with van der Waals surface area (Å²) in [4.78, 5) is 50.7. The van der Waals surface area contributed by atoms with Gasteiger partial charge in [-0.1, -0.05) is 0 Å². The van der Waals surface area contributed by atoms with Crippen LogP contribution in [0.15, 0.2) is 0 Å². The van der Waals surface area contributed by atoms with Crippen molar-refractivity contribution in [2.75, 3.05) is 13.7 Å². The molecule has 0 radical (unpaired) electrons. The number of ether oxygens (including phenoxy) is 1. The molecule has 0 aromatic rings. The molecule has 19 nitrogen and oxygen atoms in total. The van der Waals surface area contributed by atoms with E-state index in [0.29, 0.717) is 6.41 Å². The molecule has 0 bridgehead atoms. The quantitative estimate of drug-likeness (QED) is 0.0660. The highest BCUT2D eigenvalue weighted by Crippen LogP contribution is 1.62. The van der Waals surface area contributed by atoms with Crippen LogP contribution >= 0.6 is 0 Å². The van der Waals surface area contributed by atoms with Gasteiger partial charge in [-0.3, -0.25) is 46.9 Å². The van der Waals surface area contributed by atoms with Crippen LogP contribution in [0.1, 0.15) is 6.92 Å². The summed E-state index contributed by atoms with van der Waals surface area (Å²) in [5.74, 6) is 26.6. The van der Waals surface area contributed by atoms with Crippen LogP contribution in [0, 0.1) is 6.57 Å². The first-order chi connectivity index (χ1) is 13.1. The average molecular weight is 413 g/mol. The van der Waals surface area contributed by atoms with Gasteiger partial charge in [0.1, 0.15) is 0 Å². The minimum absolute atomic E-state index is 0.184. The summed E-state index contributed by atoms with van der Waals surface area (Å²) >= 11 is 0. The Balaban J connectivity index is -0.0000000797. The van der Waals surface area contributed by atoms with E-state index in [0.717, 1.165) is 0 Å². The smallest absolute Gasteiger partial charge is 0.421 e. The first-order valence-electron chi connectivity index (χ1n) is 6.33. The molecular formula is C9H27N13O6. The van der Waals surface area contributed by atoms with E-state index in [-0.39, 0.29) is 12.5 Å². The van der Waals surface area contributed by atoms with Gasteiger partial charge in [-0.05, 0) is 0 Å². The molecule has 0 atom stereocenters. The summed E-state index contributed by atoms with van der Waals surface area (Å²) in [5.41, 5.74) is 10.7. The molecule has 0 spiro atoms. The van der Waals surface area contributed by atoms with Crippen LogP contribution in [0.5, 0.6) is 0 Å². The maximum absolute atomic E-state index is 9.96. The van der Waals surface area contributed by atoms with Crippen LogP contribution < -0.4 is 67.6 Å². The van der Waals surface area contributed by atoms with Gasteiger partial charge in [-0.15, -0.1) is 0 Å². The van der Waals surface area contributed by atoms with E-state index in [1.54, 1.807) is 21.7 Å². The maximum Gasteiger partial charge on any atom is 0.421 e. The third kappa shape index (κ3) is 67.0. The Kier molecular flexibility index (Phi) is 43.6. The highest BCUT2D eigenvalue weighted by atomic mass is 16.5. The van der Waals surface area contributed by atoms with Gasteiger partial charge in [0.2, 0.25) is 12.3 Å². The van der Waals surface area contributed by atoms with E-state index in [1.165, 1.54) is 14.0 Å². The summed E-state index contributed by atoms with van der Waals surface area (Å²) < 4.78 is 4.02. The van der Waals surface area contributed by atoms with E-state index in [1.807, 2.05) is 10.9 Å². The van der Waals surface area contributed by atoms with E-state index < -0.39 is 18.0 Å². The molecule has 0 saturated heterocycles. The summed E-state index contributed by atoms with van der Waals surface area (Å²) in [7, 11) is 1.24. The van der Waals surface area contributed by atoms with Gasteiger partial charge in [0.15, 0.2) is 0 Å². The minimum Gasteiger partial charge on any atom is -0.452 e. The van der Waals surface area contributed by atoms with E-state index >= 15 is 0 Å². The molecule has 19 heteroatoms. The molecule has 0 aliphatic carbocycles. The van der Waals surface area contributed by atoms with E-state index in [2.05, 4.69) is 44.6 Å². The third-order valence-electron chi connectivity index (χ3n) is 1.22. The number of nitrogens with zero attached hydrogens (tertiary/aromatic N) is 1. The van der Waals surface area contributed by atoms with E-state index in [4.69, 9.17) is 11.4 Å². The predicted octanol–water partition coefficient (Wildman–Crippen LogP) is -6.25. The lowest BCUT2D eigenvalue weighted by molar-refractivity contribution is -0.119. The lowest BCUT2D eigenvalue weighted by Crippen LogP contribution is -2.43. The Labute approximate surface area is 159 Å². The Morgan fingerprint density at radius 1 is 0.929 bits per heavy atom. The SMILES string of the molecule is CC(=O)NN.COC(=O)NN.NNC(=O)NN.NNC=O.[C-]#[N+]CC(=O)NN. The summed E-state index contributed by atoms with van der Waals surface area (Å²) in [5, 5.41) is 0. The molecule has 0 aromatic heterocycles. The number of urea groups is 1. The summed E-state index contributed by atoms with van der Waals surface area (Å²) in [6, 6.07) is -0.602. The molecule has 18 N–H and O–H groups in total. The molecule has 0 rings (SSSR count). The third-order valence-corrected chi connectivity index (χ3v) is 1.22.